The molecule has 200 valence electrons. The number of rotatable bonds is 7. The van der Waals surface area contributed by atoms with Gasteiger partial charge in [-0.2, -0.15) is 5.26 Å². The van der Waals surface area contributed by atoms with Crippen LogP contribution >= 0.6 is 0 Å². The predicted octanol–water partition coefficient (Wildman–Crippen LogP) is 5.28. The number of nitrogens with zero attached hydrogens (tertiary/aromatic N) is 5. The minimum atomic E-state index is 0.0775. The third-order valence-corrected chi connectivity index (χ3v) is 8.46. The molecule has 1 aliphatic carbocycles. The van der Waals surface area contributed by atoms with Crippen molar-refractivity contribution < 1.29 is 9.53 Å². The van der Waals surface area contributed by atoms with Gasteiger partial charge in [0, 0.05) is 50.4 Å². The Labute approximate surface area is 226 Å². The molecule has 7 nitrogen and oxygen atoms in total. The zero-order valence-electron chi connectivity index (χ0n) is 22.5. The molecule has 0 radical (unpaired) electrons. The molecule has 1 aromatic heterocycles. The van der Waals surface area contributed by atoms with Gasteiger partial charge >= 0.3 is 0 Å². The quantitative estimate of drug-likeness (QED) is 0.501. The number of nitriles is 1. The molecule has 2 aromatic rings. The molecule has 0 N–H and O–H groups in total. The Morgan fingerprint density at radius 3 is 2.34 bits per heavy atom. The van der Waals surface area contributed by atoms with Crippen molar-refractivity contribution in [2.45, 2.75) is 58.3 Å². The minimum Gasteiger partial charge on any atom is -0.493 e. The van der Waals surface area contributed by atoms with E-state index in [0.29, 0.717) is 5.92 Å². The highest BCUT2D eigenvalue weighted by molar-refractivity contribution is 5.81. The highest BCUT2D eigenvalue weighted by Crippen LogP contribution is 2.33. The molecular weight excluding hydrogens is 474 g/mol. The summed E-state index contributed by atoms with van der Waals surface area (Å²) in [5, 5.41) is 9.09. The maximum Gasteiger partial charge on any atom is 0.226 e. The lowest BCUT2D eigenvalue weighted by Gasteiger charge is -2.33. The Hall–Kier alpha value is -3.40. The second kappa shape index (κ2) is 12.4. The predicted molar refractivity (Wildman–Crippen MR) is 149 cm³/mol. The Kier molecular flexibility index (Phi) is 8.58. The van der Waals surface area contributed by atoms with Gasteiger partial charge in [0.25, 0.3) is 0 Å². The van der Waals surface area contributed by atoms with Crippen LogP contribution < -0.4 is 9.64 Å². The van der Waals surface area contributed by atoms with Crippen molar-refractivity contribution in [3.63, 3.8) is 0 Å². The Balaban J connectivity index is 1.05. The van der Waals surface area contributed by atoms with Gasteiger partial charge in [0.15, 0.2) is 0 Å². The van der Waals surface area contributed by atoms with Crippen LogP contribution in [0.5, 0.6) is 5.75 Å². The molecule has 0 spiro atoms. The van der Waals surface area contributed by atoms with Crippen molar-refractivity contribution in [2.24, 2.45) is 17.8 Å². The van der Waals surface area contributed by atoms with Crippen molar-refractivity contribution in [3.05, 3.63) is 53.9 Å². The molecule has 1 aromatic carbocycles. The van der Waals surface area contributed by atoms with E-state index in [1.807, 2.05) is 17.3 Å². The first-order chi connectivity index (χ1) is 18.6. The number of carbonyl (C=O) groups is 1. The molecule has 1 atom stereocenters. The van der Waals surface area contributed by atoms with E-state index in [1.165, 1.54) is 16.7 Å². The Morgan fingerprint density at radius 1 is 1.03 bits per heavy atom. The van der Waals surface area contributed by atoms with Crippen LogP contribution in [0.3, 0.4) is 0 Å². The van der Waals surface area contributed by atoms with Gasteiger partial charge in [0.2, 0.25) is 11.9 Å². The second-order valence-electron chi connectivity index (χ2n) is 10.9. The zero-order chi connectivity index (χ0) is 26.3. The number of piperidine rings is 2. The number of hydrogen-bond acceptors (Lipinski definition) is 6. The lowest BCUT2D eigenvalue weighted by Crippen LogP contribution is -2.41. The number of ether oxygens (including phenoxy) is 1. The fourth-order valence-corrected chi connectivity index (χ4v) is 5.78. The lowest BCUT2D eigenvalue weighted by molar-refractivity contribution is -0.136. The molecule has 38 heavy (non-hydrogen) atoms. The maximum atomic E-state index is 12.9. The standard InChI is InChI=1S/C31H39N5O2/c1-2-23-20-33-31(34-21-23)36-17-13-25(14-18-36)22-38-29-9-7-27(8-10-29)26-3-5-28(6-4-26)30(37)35-15-11-24(19-32)12-16-35/h3,7-10,20-21,24-25,28H,2,4-6,11-18,22H2,1H3. The number of anilines is 1. The van der Waals surface area contributed by atoms with Gasteiger partial charge in [0.1, 0.15) is 5.75 Å². The van der Waals surface area contributed by atoms with Crippen LogP contribution in [0.4, 0.5) is 5.95 Å². The molecule has 0 saturated carbocycles. The summed E-state index contributed by atoms with van der Waals surface area (Å²) in [6.07, 6.45) is 13.5. The van der Waals surface area contributed by atoms with E-state index in [1.54, 1.807) is 0 Å². The van der Waals surface area contributed by atoms with Gasteiger partial charge < -0.3 is 14.5 Å². The number of allylic oxidation sites excluding steroid dienone is 2. The van der Waals surface area contributed by atoms with Gasteiger partial charge in [0.05, 0.1) is 12.7 Å². The second-order valence-corrected chi connectivity index (χ2v) is 10.9. The highest BCUT2D eigenvalue weighted by Gasteiger charge is 2.29. The van der Waals surface area contributed by atoms with E-state index in [0.717, 1.165) is 95.9 Å². The number of aryl methyl sites for hydroxylation is 1. The fourth-order valence-electron chi connectivity index (χ4n) is 5.78. The molecular formula is C31H39N5O2. The molecule has 3 heterocycles. The summed E-state index contributed by atoms with van der Waals surface area (Å²) in [6.45, 7) is 6.25. The molecule has 2 fully saturated rings. The van der Waals surface area contributed by atoms with Gasteiger partial charge in [-0.3, -0.25) is 4.79 Å². The van der Waals surface area contributed by atoms with Gasteiger partial charge in [-0.05, 0) is 86.1 Å². The first-order valence-electron chi connectivity index (χ1n) is 14.3. The molecule has 1 unspecified atom stereocenters. The highest BCUT2D eigenvalue weighted by atomic mass is 16.5. The Bertz CT molecular complexity index is 1140. The SMILES string of the molecule is CCc1cnc(N2CCC(COc3ccc(C4=CCC(C(=O)N5CCC(C#N)CC5)CC4)cc3)CC2)nc1. The summed E-state index contributed by atoms with van der Waals surface area (Å²) in [5.41, 5.74) is 3.72. The third-order valence-electron chi connectivity index (χ3n) is 8.46. The van der Waals surface area contributed by atoms with Crippen LogP contribution in [-0.2, 0) is 11.2 Å². The molecule has 7 heteroatoms. The van der Waals surface area contributed by atoms with Crippen LogP contribution in [0.2, 0.25) is 0 Å². The first-order valence-corrected chi connectivity index (χ1v) is 14.3. The largest absolute Gasteiger partial charge is 0.493 e. The van der Waals surface area contributed by atoms with Crippen LogP contribution in [0.1, 0.15) is 63.0 Å². The monoisotopic (exact) mass is 513 g/mol. The van der Waals surface area contributed by atoms with Gasteiger partial charge in [-0.25, -0.2) is 9.97 Å². The van der Waals surface area contributed by atoms with Crippen LogP contribution in [0.15, 0.2) is 42.7 Å². The van der Waals surface area contributed by atoms with Crippen molar-refractivity contribution in [1.29, 1.82) is 5.26 Å². The lowest BCUT2D eigenvalue weighted by atomic mass is 9.85. The summed E-state index contributed by atoms with van der Waals surface area (Å²) >= 11 is 0. The zero-order valence-corrected chi connectivity index (χ0v) is 22.5. The molecule has 1 amide bonds. The number of likely N-dealkylation sites (tertiary alicyclic amines) is 1. The first kappa shape index (κ1) is 26.2. The maximum absolute atomic E-state index is 12.9. The van der Waals surface area contributed by atoms with E-state index < -0.39 is 0 Å². The van der Waals surface area contributed by atoms with E-state index in [4.69, 9.17) is 10.00 Å². The van der Waals surface area contributed by atoms with Crippen LogP contribution in [-0.4, -0.2) is 53.6 Å². The summed E-state index contributed by atoms with van der Waals surface area (Å²) in [6, 6.07) is 10.8. The fraction of sp³-hybridized carbons (Fsp3) is 0.548. The van der Waals surface area contributed by atoms with E-state index in [-0.39, 0.29) is 17.7 Å². The molecule has 3 aliphatic rings. The Morgan fingerprint density at radius 2 is 1.74 bits per heavy atom. The average molecular weight is 514 g/mol. The molecule has 5 rings (SSSR count). The van der Waals surface area contributed by atoms with Crippen LogP contribution in [0, 0.1) is 29.1 Å². The summed E-state index contributed by atoms with van der Waals surface area (Å²) < 4.78 is 6.15. The number of amides is 1. The summed E-state index contributed by atoms with van der Waals surface area (Å²) in [4.78, 5) is 26.2. The molecule has 2 saturated heterocycles. The smallest absolute Gasteiger partial charge is 0.226 e. The van der Waals surface area contributed by atoms with E-state index in [2.05, 4.69) is 58.2 Å². The van der Waals surface area contributed by atoms with Crippen molar-refractivity contribution in [1.82, 2.24) is 14.9 Å². The average Bonchev–Trinajstić information content (AvgIpc) is 3.00. The minimum absolute atomic E-state index is 0.0775. The van der Waals surface area contributed by atoms with Crippen molar-refractivity contribution >= 4 is 17.4 Å². The normalized spacial score (nSPS) is 21.1. The van der Waals surface area contributed by atoms with Crippen molar-refractivity contribution in [3.8, 4) is 11.8 Å². The van der Waals surface area contributed by atoms with Crippen molar-refractivity contribution in [2.75, 3.05) is 37.7 Å². The molecule has 0 bridgehead atoms. The van der Waals surface area contributed by atoms with Crippen LogP contribution in [0.25, 0.3) is 5.57 Å². The number of aromatic nitrogens is 2. The third kappa shape index (κ3) is 6.35. The molecule has 2 aliphatic heterocycles. The summed E-state index contributed by atoms with van der Waals surface area (Å²) in [5.74, 6) is 2.76. The number of hydrogen-bond donors (Lipinski definition) is 0. The number of carbonyl (C=O) groups excluding carboxylic acids is 1. The number of benzene rings is 1. The van der Waals surface area contributed by atoms with E-state index >= 15 is 0 Å². The van der Waals surface area contributed by atoms with E-state index in [9.17, 15) is 4.79 Å². The van der Waals surface area contributed by atoms with Gasteiger partial charge in [-0.1, -0.05) is 25.1 Å². The van der Waals surface area contributed by atoms with Gasteiger partial charge in [-0.15, -0.1) is 0 Å². The topological polar surface area (TPSA) is 82.4 Å². The summed E-state index contributed by atoms with van der Waals surface area (Å²) in [7, 11) is 0.